The molecule has 1 aromatic carbocycles. The third-order valence-electron chi connectivity index (χ3n) is 4.36. The zero-order valence-corrected chi connectivity index (χ0v) is 14.5. The van der Waals surface area contributed by atoms with Crippen LogP contribution in [-0.4, -0.2) is 45.2 Å². The Morgan fingerprint density at radius 1 is 1.14 bits per heavy atom. The molecular weight excluding hydrogens is 373 g/mol. The van der Waals surface area contributed by atoms with Crippen LogP contribution in [-0.2, 0) is 6.18 Å². The minimum absolute atomic E-state index is 0.0954. The lowest BCUT2D eigenvalue weighted by atomic mass is 10.1. The van der Waals surface area contributed by atoms with Crippen LogP contribution in [0.15, 0.2) is 54.7 Å². The highest BCUT2D eigenvalue weighted by molar-refractivity contribution is 5.94. The number of carbonyl (C=O) groups is 1. The molecule has 0 spiro atoms. The first-order valence-electron chi connectivity index (χ1n) is 8.50. The number of likely N-dealkylation sites (tertiary alicyclic amines) is 1. The van der Waals surface area contributed by atoms with Gasteiger partial charge in [-0.2, -0.15) is 18.3 Å². The summed E-state index contributed by atoms with van der Waals surface area (Å²) >= 11 is 0. The molecule has 0 aliphatic carbocycles. The van der Waals surface area contributed by atoms with E-state index in [0.29, 0.717) is 24.5 Å². The predicted octanol–water partition coefficient (Wildman–Crippen LogP) is 3.39. The fraction of sp³-hybridized carbons (Fsp3) is 0.211. The second kappa shape index (κ2) is 6.99. The second-order valence-electron chi connectivity index (χ2n) is 6.37. The minimum Gasteiger partial charge on any atom is -0.471 e. The first-order valence-corrected chi connectivity index (χ1v) is 8.50. The number of hydrogen-bond donors (Lipinski definition) is 1. The van der Waals surface area contributed by atoms with Crippen molar-refractivity contribution in [1.82, 2.24) is 20.1 Å². The molecule has 0 unspecified atom stereocenters. The summed E-state index contributed by atoms with van der Waals surface area (Å²) in [5.74, 6) is -0.118. The van der Waals surface area contributed by atoms with E-state index in [2.05, 4.69) is 15.2 Å². The van der Waals surface area contributed by atoms with Gasteiger partial charge < -0.3 is 9.64 Å². The van der Waals surface area contributed by atoms with Crippen LogP contribution in [0.4, 0.5) is 13.2 Å². The third-order valence-corrected chi connectivity index (χ3v) is 4.36. The van der Waals surface area contributed by atoms with Gasteiger partial charge in [-0.05, 0) is 12.1 Å². The van der Waals surface area contributed by atoms with Gasteiger partial charge in [-0.3, -0.25) is 9.89 Å². The summed E-state index contributed by atoms with van der Waals surface area (Å²) in [5, 5.41) is 6.89. The Hall–Kier alpha value is -3.36. The van der Waals surface area contributed by atoms with Crippen molar-refractivity contribution in [3.05, 3.63) is 66.0 Å². The van der Waals surface area contributed by atoms with Crippen LogP contribution in [0.3, 0.4) is 0 Å². The monoisotopic (exact) mass is 388 g/mol. The Morgan fingerprint density at radius 2 is 1.89 bits per heavy atom. The van der Waals surface area contributed by atoms with Crippen LogP contribution in [0.5, 0.6) is 5.88 Å². The summed E-state index contributed by atoms with van der Waals surface area (Å²) in [7, 11) is 0. The van der Waals surface area contributed by atoms with E-state index in [0.717, 1.165) is 17.8 Å². The van der Waals surface area contributed by atoms with Crippen LogP contribution < -0.4 is 4.74 Å². The first-order chi connectivity index (χ1) is 13.4. The molecule has 3 heterocycles. The number of nitrogens with one attached hydrogen (secondary N) is 1. The molecule has 1 amide bonds. The Balaban J connectivity index is 1.33. The molecule has 1 aliphatic rings. The van der Waals surface area contributed by atoms with Gasteiger partial charge in [0.1, 0.15) is 11.8 Å². The average Bonchev–Trinajstić information content (AvgIpc) is 3.14. The molecule has 6 nitrogen and oxygen atoms in total. The number of ether oxygens (including phenoxy) is 1. The number of carbonyl (C=O) groups excluding carboxylic acids is 1. The topological polar surface area (TPSA) is 71.1 Å². The summed E-state index contributed by atoms with van der Waals surface area (Å²) in [5.41, 5.74) is 1.10. The number of nitrogens with zero attached hydrogens (tertiary/aromatic N) is 3. The van der Waals surface area contributed by atoms with Crippen molar-refractivity contribution >= 4 is 5.91 Å². The molecule has 144 valence electrons. The van der Waals surface area contributed by atoms with Gasteiger partial charge in [0, 0.05) is 17.8 Å². The van der Waals surface area contributed by atoms with Crippen molar-refractivity contribution in [2.75, 3.05) is 13.1 Å². The normalized spacial score (nSPS) is 14.6. The molecule has 1 N–H and O–H groups in total. The maximum Gasteiger partial charge on any atom is 0.417 e. The van der Waals surface area contributed by atoms with Crippen molar-refractivity contribution in [2.45, 2.75) is 12.3 Å². The van der Waals surface area contributed by atoms with Crippen molar-refractivity contribution < 1.29 is 22.7 Å². The van der Waals surface area contributed by atoms with Gasteiger partial charge in [-0.15, -0.1) is 0 Å². The molecule has 1 fully saturated rings. The van der Waals surface area contributed by atoms with Gasteiger partial charge in [0.2, 0.25) is 5.88 Å². The maximum atomic E-state index is 12.5. The summed E-state index contributed by atoms with van der Waals surface area (Å²) in [6.45, 7) is 0.641. The molecule has 0 saturated carbocycles. The lowest BCUT2D eigenvalue weighted by Crippen LogP contribution is -2.56. The van der Waals surface area contributed by atoms with E-state index < -0.39 is 11.7 Å². The highest BCUT2D eigenvalue weighted by Crippen LogP contribution is 2.29. The zero-order valence-electron chi connectivity index (χ0n) is 14.5. The molecule has 2 aromatic heterocycles. The van der Waals surface area contributed by atoms with Crippen LogP contribution >= 0.6 is 0 Å². The van der Waals surface area contributed by atoms with Gasteiger partial charge >= 0.3 is 6.18 Å². The molecule has 1 saturated heterocycles. The smallest absolute Gasteiger partial charge is 0.417 e. The number of aromatic amines is 1. The van der Waals surface area contributed by atoms with Crippen LogP contribution in [0, 0.1) is 0 Å². The average molecular weight is 388 g/mol. The van der Waals surface area contributed by atoms with E-state index in [9.17, 15) is 18.0 Å². The number of rotatable bonds is 4. The number of hydrogen-bond acceptors (Lipinski definition) is 4. The highest BCUT2D eigenvalue weighted by atomic mass is 19.4. The van der Waals surface area contributed by atoms with Crippen molar-refractivity contribution in [1.29, 1.82) is 0 Å². The molecule has 28 heavy (non-hydrogen) atoms. The molecule has 0 atom stereocenters. The van der Waals surface area contributed by atoms with Gasteiger partial charge in [0.15, 0.2) is 0 Å². The number of pyridine rings is 1. The fourth-order valence-electron chi connectivity index (χ4n) is 2.83. The number of H-pyrrole nitrogens is 1. The van der Waals surface area contributed by atoms with Crippen LogP contribution in [0.1, 0.15) is 16.1 Å². The Morgan fingerprint density at radius 3 is 2.54 bits per heavy atom. The summed E-state index contributed by atoms with van der Waals surface area (Å²) in [6, 6.07) is 13.2. The molecule has 4 rings (SSSR count). The number of alkyl halides is 3. The molecular formula is C19H15F3N4O2. The van der Waals surface area contributed by atoms with E-state index in [1.54, 1.807) is 11.0 Å². The third kappa shape index (κ3) is 3.68. The highest BCUT2D eigenvalue weighted by Gasteiger charge is 2.34. The van der Waals surface area contributed by atoms with E-state index in [4.69, 9.17) is 4.74 Å². The molecule has 0 bridgehead atoms. The summed E-state index contributed by atoms with van der Waals surface area (Å²) < 4.78 is 43.1. The van der Waals surface area contributed by atoms with Gasteiger partial charge in [0.05, 0.1) is 24.3 Å². The minimum atomic E-state index is -4.44. The fourth-order valence-corrected chi connectivity index (χ4v) is 2.83. The summed E-state index contributed by atoms with van der Waals surface area (Å²) in [6.07, 6.45) is -4.02. The van der Waals surface area contributed by atoms with Crippen LogP contribution in [0.2, 0.25) is 0 Å². The summed E-state index contributed by atoms with van der Waals surface area (Å²) in [4.78, 5) is 17.7. The standard InChI is InChI=1S/C19H15F3N4O2/c20-19(21,22)13-6-7-17(23-9-13)28-14-10-26(11-14)18(27)16-8-15(24-25-16)12-4-2-1-3-5-12/h1-9,14H,10-11H2,(H,24,25). The van der Waals surface area contributed by atoms with Crippen molar-refractivity contribution in [2.24, 2.45) is 0 Å². The second-order valence-corrected chi connectivity index (χ2v) is 6.37. The largest absolute Gasteiger partial charge is 0.471 e. The predicted molar refractivity (Wildman–Crippen MR) is 93.6 cm³/mol. The number of halogens is 3. The molecule has 3 aromatic rings. The lowest BCUT2D eigenvalue weighted by Gasteiger charge is -2.38. The van der Waals surface area contributed by atoms with E-state index in [1.807, 2.05) is 30.3 Å². The number of aromatic nitrogens is 3. The molecule has 0 radical (unpaired) electrons. The van der Waals surface area contributed by atoms with Gasteiger partial charge in [-0.1, -0.05) is 30.3 Å². The Kier molecular flexibility index (Phi) is 4.50. The molecule has 9 heteroatoms. The molecule has 1 aliphatic heterocycles. The number of benzene rings is 1. The van der Waals surface area contributed by atoms with Gasteiger partial charge in [0.25, 0.3) is 5.91 Å². The lowest BCUT2D eigenvalue weighted by molar-refractivity contribution is -0.137. The van der Waals surface area contributed by atoms with Crippen molar-refractivity contribution in [3.8, 4) is 17.1 Å². The number of amides is 1. The van der Waals surface area contributed by atoms with Crippen molar-refractivity contribution in [3.63, 3.8) is 0 Å². The maximum absolute atomic E-state index is 12.5. The Labute approximate surface area is 158 Å². The van der Waals surface area contributed by atoms with E-state index >= 15 is 0 Å². The zero-order chi connectivity index (χ0) is 19.7. The quantitative estimate of drug-likeness (QED) is 0.744. The van der Waals surface area contributed by atoms with E-state index in [1.165, 1.54) is 6.07 Å². The van der Waals surface area contributed by atoms with E-state index in [-0.39, 0.29) is 17.9 Å². The van der Waals surface area contributed by atoms with Crippen LogP contribution in [0.25, 0.3) is 11.3 Å². The first kappa shape index (κ1) is 18.0. The Bertz CT molecular complexity index is 965. The van der Waals surface area contributed by atoms with Gasteiger partial charge in [-0.25, -0.2) is 4.98 Å². The SMILES string of the molecule is O=C(c1cc(-c2ccccc2)n[nH]1)N1CC(Oc2ccc(C(F)(F)F)cn2)C1.